The molecule has 0 aromatic rings. The zero-order chi connectivity index (χ0) is 15.1. The molecule has 0 saturated heterocycles. The molecule has 0 aliphatic heterocycles. The average Bonchev–Trinajstić information content (AvgIpc) is 2.32. The lowest BCUT2D eigenvalue weighted by atomic mass is 9.62. The smallest absolute Gasteiger partial charge is 0.136 e. The summed E-state index contributed by atoms with van der Waals surface area (Å²) in [5.41, 5.74) is -0.223. The molecule has 0 radical (unpaired) electrons. The molecule has 0 aromatic heterocycles. The Balaban J connectivity index is 5.16. The van der Waals surface area contributed by atoms with Crippen molar-refractivity contribution in [3.05, 3.63) is 0 Å². The molecule has 3 atom stereocenters. The Kier molecular flexibility index (Phi) is 8.20. The minimum Gasteiger partial charge on any atom is -0.300 e. The van der Waals surface area contributed by atoms with E-state index in [4.69, 9.17) is 0 Å². The van der Waals surface area contributed by atoms with Crippen LogP contribution < -0.4 is 0 Å². The number of rotatable bonds is 10. The van der Waals surface area contributed by atoms with Gasteiger partial charge in [-0.15, -0.1) is 0 Å². The van der Waals surface area contributed by atoms with Gasteiger partial charge in [-0.05, 0) is 38.5 Å². The molecule has 2 nitrogen and oxygen atoms in total. The Morgan fingerprint density at radius 2 is 1.58 bits per heavy atom. The molecule has 0 fully saturated rings. The number of hydrogen-bond acceptors (Lipinski definition) is 2. The van der Waals surface area contributed by atoms with E-state index in [-0.39, 0.29) is 23.0 Å². The van der Waals surface area contributed by atoms with Crippen LogP contribution in [0.25, 0.3) is 0 Å². The second-order valence-corrected chi connectivity index (χ2v) is 6.24. The maximum atomic E-state index is 12.3. The molecule has 0 aliphatic carbocycles. The first-order chi connectivity index (χ1) is 8.81. The minimum atomic E-state index is -0.223. The van der Waals surface area contributed by atoms with Gasteiger partial charge < -0.3 is 4.79 Å². The van der Waals surface area contributed by atoms with Crippen molar-refractivity contribution in [2.75, 3.05) is 0 Å². The second-order valence-electron chi connectivity index (χ2n) is 6.24. The highest BCUT2D eigenvalue weighted by atomic mass is 16.1. The quantitative estimate of drug-likeness (QED) is 0.570. The first-order valence-electron chi connectivity index (χ1n) is 7.82. The van der Waals surface area contributed by atoms with Crippen LogP contribution in [0.5, 0.6) is 0 Å². The van der Waals surface area contributed by atoms with Crippen LogP contribution in [0.4, 0.5) is 0 Å². The van der Waals surface area contributed by atoms with Crippen LogP contribution in [0.1, 0.15) is 80.1 Å². The van der Waals surface area contributed by atoms with Gasteiger partial charge in [0.15, 0.2) is 0 Å². The van der Waals surface area contributed by atoms with E-state index >= 15 is 0 Å². The standard InChI is InChI=1S/C17H32O2/c1-7-9-11-17(10-8-2,16(6)19)15(5)13(3)12-14(4)18/h13,15H,7-12H2,1-6H3. The van der Waals surface area contributed by atoms with Crippen LogP contribution in [0.3, 0.4) is 0 Å². The van der Waals surface area contributed by atoms with Crippen molar-refractivity contribution in [2.45, 2.75) is 80.1 Å². The third-order valence-corrected chi connectivity index (χ3v) is 4.71. The van der Waals surface area contributed by atoms with E-state index in [1.807, 2.05) is 0 Å². The Labute approximate surface area is 119 Å². The summed E-state index contributed by atoms with van der Waals surface area (Å²) in [5, 5.41) is 0. The largest absolute Gasteiger partial charge is 0.300 e. The van der Waals surface area contributed by atoms with E-state index in [0.717, 1.165) is 32.1 Å². The Hall–Kier alpha value is -0.660. The second kappa shape index (κ2) is 8.50. The van der Waals surface area contributed by atoms with Crippen molar-refractivity contribution in [3.63, 3.8) is 0 Å². The van der Waals surface area contributed by atoms with Crippen LogP contribution in [-0.4, -0.2) is 11.6 Å². The Morgan fingerprint density at radius 1 is 1.00 bits per heavy atom. The number of hydrogen-bond donors (Lipinski definition) is 0. The summed E-state index contributed by atoms with van der Waals surface area (Å²) in [5.74, 6) is 1.10. The lowest BCUT2D eigenvalue weighted by Gasteiger charge is -2.40. The molecule has 0 aliphatic rings. The monoisotopic (exact) mass is 268 g/mol. The minimum absolute atomic E-state index is 0.223. The molecule has 0 aromatic carbocycles. The number of Topliss-reactive ketones (excluding diaryl/α,β-unsaturated/α-hetero) is 2. The molecule has 0 saturated carbocycles. The van der Waals surface area contributed by atoms with E-state index in [1.54, 1.807) is 13.8 Å². The van der Waals surface area contributed by atoms with Gasteiger partial charge in [-0.2, -0.15) is 0 Å². The van der Waals surface area contributed by atoms with Crippen molar-refractivity contribution in [2.24, 2.45) is 17.3 Å². The summed E-state index contributed by atoms with van der Waals surface area (Å²) in [6, 6.07) is 0. The van der Waals surface area contributed by atoms with Crippen LogP contribution in [0.15, 0.2) is 0 Å². The molecule has 0 N–H and O–H groups in total. The van der Waals surface area contributed by atoms with Crippen LogP contribution in [0.2, 0.25) is 0 Å². The topological polar surface area (TPSA) is 34.1 Å². The lowest BCUT2D eigenvalue weighted by molar-refractivity contribution is -0.133. The number of carbonyl (C=O) groups is 2. The average molecular weight is 268 g/mol. The zero-order valence-electron chi connectivity index (χ0n) is 13.7. The molecule has 0 spiro atoms. The number of ketones is 2. The molecule has 19 heavy (non-hydrogen) atoms. The first-order valence-corrected chi connectivity index (χ1v) is 7.82. The molecule has 0 amide bonds. The van der Waals surface area contributed by atoms with Crippen molar-refractivity contribution in [3.8, 4) is 0 Å². The summed E-state index contributed by atoms with van der Waals surface area (Å²) in [6.45, 7) is 12.0. The summed E-state index contributed by atoms with van der Waals surface area (Å²) < 4.78 is 0. The maximum absolute atomic E-state index is 12.3. The third kappa shape index (κ3) is 5.08. The first kappa shape index (κ1) is 18.3. The van der Waals surface area contributed by atoms with Crippen LogP contribution >= 0.6 is 0 Å². The van der Waals surface area contributed by atoms with E-state index in [1.165, 1.54) is 0 Å². The SMILES string of the molecule is CCCCC(CCC)(C(C)=O)C(C)C(C)CC(C)=O. The van der Waals surface area contributed by atoms with Gasteiger partial charge in [0, 0.05) is 11.8 Å². The molecule has 2 heteroatoms. The van der Waals surface area contributed by atoms with Gasteiger partial charge >= 0.3 is 0 Å². The molecule has 0 rings (SSSR count). The highest BCUT2D eigenvalue weighted by Gasteiger charge is 2.41. The molecule has 0 bridgehead atoms. The predicted molar refractivity (Wildman–Crippen MR) is 81.2 cm³/mol. The van der Waals surface area contributed by atoms with Gasteiger partial charge in [-0.1, -0.05) is 47.0 Å². The molecule has 0 heterocycles. The van der Waals surface area contributed by atoms with E-state index in [9.17, 15) is 9.59 Å². The molecular formula is C17H32O2. The van der Waals surface area contributed by atoms with Gasteiger partial charge in [-0.25, -0.2) is 0 Å². The fraction of sp³-hybridized carbons (Fsp3) is 0.882. The third-order valence-electron chi connectivity index (χ3n) is 4.71. The zero-order valence-corrected chi connectivity index (χ0v) is 13.7. The van der Waals surface area contributed by atoms with Crippen LogP contribution in [0, 0.1) is 17.3 Å². The Morgan fingerprint density at radius 3 is 1.95 bits per heavy atom. The summed E-state index contributed by atoms with van der Waals surface area (Å²) in [6.07, 6.45) is 5.75. The van der Waals surface area contributed by atoms with Gasteiger partial charge in [-0.3, -0.25) is 4.79 Å². The van der Waals surface area contributed by atoms with E-state index in [0.29, 0.717) is 12.2 Å². The highest BCUT2D eigenvalue weighted by Crippen LogP contribution is 2.43. The van der Waals surface area contributed by atoms with Gasteiger partial charge in [0.25, 0.3) is 0 Å². The van der Waals surface area contributed by atoms with Crippen molar-refractivity contribution in [1.29, 1.82) is 0 Å². The van der Waals surface area contributed by atoms with Gasteiger partial charge in [0.2, 0.25) is 0 Å². The van der Waals surface area contributed by atoms with Crippen molar-refractivity contribution in [1.82, 2.24) is 0 Å². The van der Waals surface area contributed by atoms with Crippen molar-refractivity contribution < 1.29 is 9.59 Å². The van der Waals surface area contributed by atoms with Crippen molar-refractivity contribution >= 4 is 11.6 Å². The van der Waals surface area contributed by atoms with E-state index < -0.39 is 0 Å². The van der Waals surface area contributed by atoms with Gasteiger partial charge in [0.1, 0.15) is 11.6 Å². The van der Waals surface area contributed by atoms with E-state index in [2.05, 4.69) is 27.7 Å². The molecular weight excluding hydrogens is 236 g/mol. The molecule has 112 valence electrons. The summed E-state index contributed by atoms with van der Waals surface area (Å²) in [4.78, 5) is 23.7. The van der Waals surface area contributed by atoms with Crippen LogP contribution in [-0.2, 0) is 9.59 Å². The normalized spacial score (nSPS) is 17.6. The Bertz CT molecular complexity index is 296. The molecule has 3 unspecified atom stereocenters. The van der Waals surface area contributed by atoms with Gasteiger partial charge in [0.05, 0.1) is 0 Å². The number of carbonyl (C=O) groups excluding carboxylic acids is 2. The fourth-order valence-corrected chi connectivity index (χ4v) is 3.37. The lowest BCUT2D eigenvalue weighted by Crippen LogP contribution is -2.39. The maximum Gasteiger partial charge on any atom is 0.136 e. The predicted octanol–water partition coefficient (Wildman–Crippen LogP) is 4.80. The number of unbranched alkanes of at least 4 members (excludes halogenated alkanes) is 1. The summed E-state index contributed by atoms with van der Waals surface area (Å²) in [7, 11) is 0. The highest BCUT2D eigenvalue weighted by molar-refractivity contribution is 5.83. The summed E-state index contributed by atoms with van der Waals surface area (Å²) >= 11 is 0. The fourth-order valence-electron chi connectivity index (χ4n) is 3.37.